The molecule has 2 rings (SSSR count). The Labute approximate surface area is 105 Å². The molecule has 1 N–H and O–H groups in total. The molecule has 1 saturated carbocycles. The minimum Gasteiger partial charge on any atom is -0.390 e. The number of hydrogen-bond donors (Lipinski definition) is 1. The fraction of sp³-hybridized carbons (Fsp3) is 0.625. The van der Waals surface area contributed by atoms with Crippen LogP contribution in [0.3, 0.4) is 0 Å². The van der Waals surface area contributed by atoms with Crippen LogP contribution in [0.2, 0.25) is 0 Å². The molecule has 1 fully saturated rings. The molecule has 17 heavy (non-hydrogen) atoms. The molecule has 0 bridgehead atoms. The number of benzene rings is 1. The van der Waals surface area contributed by atoms with E-state index in [1.165, 1.54) is 16.7 Å². The van der Waals surface area contributed by atoms with Crippen molar-refractivity contribution < 1.29 is 5.11 Å². The van der Waals surface area contributed by atoms with E-state index in [9.17, 15) is 5.11 Å². The summed E-state index contributed by atoms with van der Waals surface area (Å²) in [5.74, 6) is 1.09. The van der Waals surface area contributed by atoms with Gasteiger partial charge >= 0.3 is 0 Å². The molecule has 1 nitrogen and oxygen atoms in total. The van der Waals surface area contributed by atoms with E-state index < -0.39 is 0 Å². The van der Waals surface area contributed by atoms with E-state index in [2.05, 4.69) is 45.9 Å². The number of rotatable bonds is 4. The van der Waals surface area contributed by atoms with Crippen LogP contribution in [0.4, 0.5) is 0 Å². The molecule has 0 heterocycles. The van der Waals surface area contributed by atoms with Gasteiger partial charge in [-0.05, 0) is 41.4 Å². The van der Waals surface area contributed by atoms with Crippen molar-refractivity contribution in [1.29, 1.82) is 0 Å². The van der Waals surface area contributed by atoms with E-state index in [0.717, 1.165) is 19.3 Å². The molecule has 1 aromatic rings. The summed E-state index contributed by atoms with van der Waals surface area (Å²) in [5, 5.41) is 10.1. The van der Waals surface area contributed by atoms with Gasteiger partial charge in [0.2, 0.25) is 0 Å². The van der Waals surface area contributed by atoms with Crippen molar-refractivity contribution in [3.63, 3.8) is 0 Å². The van der Waals surface area contributed by atoms with E-state index in [1.54, 1.807) is 0 Å². The topological polar surface area (TPSA) is 20.2 Å². The predicted octanol–water partition coefficient (Wildman–Crippen LogP) is 4.00. The Hall–Kier alpha value is -0.820. The molecule has 0 amide bonds. The highest BCUT2D eigenvalue weighted by Gasteiger charge is 2.40. The van der Waals surface area contributed by atoms with Gasteiger partial charge < -0.3 is 5.11 Å². The van der Waals surface area contributed by atoms with Crippen LogP contribution in [0.25, 0.3) is 0 Å². The van der Waals surface area contributed by atoms with Crippen LogP contribution >= 0.6 is 0 Å². The normalized spacial score (nSPS) is 17.8. The predicted molar refractivity (Wildman–Crippen MR) is 72.5 cm³/mol. The molecule has 1 aromatic carbocycles. The molecule has 94 valence electrons. The minimum absolute atomic E-state index is 0.390. The van der Waals surface area contributed by atoms with Gasteiger partial charge in [0.15, 0.2) is 0 Å². The monoisotopic (exact) mass is 232 g/mol. The maximum Gasteiger partial charge on any atom is 0.0690 e. The van der Waals surface area contributed by atoms with Gasteiger partial charge in [-0.25, -0.2) is 0 Å². The molecule has 0 aliphatic heterocycles. The maximum absolute atomic E-state index is 10.1. The lowest BCUT2D eigenvalue weighted by atomic mass is 9.89. The lowest BCUT2D eigenvalue weighted by Crippen LogP contribution is -2.13. The summed E-state index contributed by atoms with van der Waals surface area (Å²) in [4.78, 5) is 0. The van der Waals surface area contributed by atoms with Crippen molar-refractivity contribution in [3.8, 4) is 0 Å². The largest absolute Gasteiger partial charge is 0.390 e. The molecule has 1 heteroatoms. The van der Waals surface area contributed by atoms with E-state index in [-0.39, 0.29) is 5.60 Å². The Morgan fingerprint density at radius 3 is 2.24 bits per heavy atom. The van der Waals surface area contributed by atoms with E-state index >= 15 is 0 Å². The van der Waals surface area contributed by atoms with Gasteiger partial charge in [0.05, 0.1) is 5.60 Å². The van der Waals surface area contributed by atoms with Crippen LogP contribution in [-0.2, 0) is 6.42 Å². The lowest BCUT2D eigenvalue weighted by molar-refractivity contribution is 0.150. The van der Waals surface area contributed by atoms with E-state index in [1.807, 2.05) is 0 Å². The first kappa shape index (κ1) is 12.6. The summed E-state index contributed by atoms with van der Waals surface area (Å²) >= 11 is 0. The van der Waals surface area contributed by atoms with Gasteiger partial charge in [-0.3, -0.25) is 0 Å². The smallest absolute Gasteiger partial charge is 0.0690 e. The Morgan fingerprint density at radius 1 is 1.12 bits per heavy atom. The highest BCUT2D eigenvalue weighted by molar-refractivity contribution is 5.37. The third-order valence-electron chi connectivity index (χ3n) is 3.80. The summed E-state index contributed by atoms with van der Waals surface area (Å²) in [6, 6.07) is 6.79. The molecule has 0 atom stereocenters. The molecule has 1 aliphatic carbocycles. The van der Waals surface area contributed by atoms with Crippen molar-refractivity contribution in [3.05, 3.63) is 34.9 Å². The molecule has 0 unspecified atom stereocenters. The molecule has 0 saturated heterocycles. The van der Waals surface area contributed by atoms with Gasteiger partial charge in [0.1, 0.15) is 0 Å². The Balaban J connectivity index is 2.33. The first-order valence-corrected chi connectivity index (χ1v) is 6.76. The van der Waals surface area contributed by atoms with Gasteiger partial charge in [-0.15, -0.1) is 0 Å². The fourth-order valence-corrected chi connectivity index (χ4v) is 2.38. The second kappa shape index (κ2) is 4.45. The summed E-state index contributed by atoms with van der Waals surface area (Å²) in [6.07, 6.45) is 2.77. The maximum atomic E-state index is 10.1. The molecular weight excluding hydrogens is 208 g/mol. The first-order chi connectivity index (χ1) is 7.91. The van der Waals surface area contributed by atoms with E-state index in [4.69, 9.17) is 0 Å². The van der Waals surface area contributed by atoms with Gasteiger partial charge in [0, 0.05) is 6.42 Å². The SMILES string of the molecule is CC(C)c1ccc(C(C)C)c(CC2(O)CC2)c1. The summed E-state index contributed by atoms with van der Waals surface area (Å²) in [7, 11) is 0. The average Bonchev–Trinajstić information content (AvgIpc) is 2.95. The van der Waals surface area contributed by atoms with Crippen LogP contribution < -0.4 is 0 Å². The van der Waals surface area contributed by atoms with Crippen LogP contribution in [0, 0.1) is 0 Å². The Kier molecular flexibility index (Phi) is 3.31. The first-order valence-electron chi connectivity index (χ1n) is 6.76. The molecule has 0 radical (unpaired) electrons. The zero-order valence-corrected chi connectivity index (χ0v) is 11.5. The highest BCUT2D eigenvalue weighted by atomic mass is 16.3. The zero-order chi connectivity index (χ0) is 12.6. The molecule has 1 aliphatic rings. The van der Waals surface area contributed by atoms with Crippen LogP contribution in [0.5, 0.6) is 0 Å². The van der Waals surface area contributed by atoms with Crippen LogP contribution in [-0.4, -0.2) is 10.7 Å². The van der Waals surface area contributed by atoms with Crippen LogP contribution in [0.15, 0.2) is 18.2 Å². The third-order valence-corrected chi connectivity index (χ3v) is 3.80. The van der Waals surface area contributed by atoms with Gasteiger partial charge in [-0.1, -0.05) is 45.9 Å². The Bertz CT molecular complexity index is 400. The highest BCUT2D eigenvalue weighted by Crippen LogP contribution is 2.40. The molecule has 0 spiro atoms. The number of aliphatic hydroxyl groups is 1. The van der Waals surface area contributed by atoms with Crippen molar-refractivity contribution in [2.75, 3.05) is 0 Å². The fourth-order valence-electron chi connectivity index (χ4n) is 2.38. The summed E-state index contributed by atoms with van der Waals surface area (Å²) in [5.41, 5.74) is 3.74. The minimum atomic E-state index is -0.390. The van der Waals surface area contributed by atoms with E-state index in [0.29, 0.717) is 11.8 Å². The van der Waals surface area contributed by atoms with Gasteiger partial charge in [-0.2, -0.15) is 0 Å². The van der Waals surface area contributed by atoms with Crippen molar-refractivity contribution >= 4 is 0 Å². The van der Waals surface area contributed by atoms with Gasteiger partial charge in [0.25, 0.3) is 0 Å². The average molecular weight is 232 g/mol. The molecular formula is C16H24O. The second-order valence-electron chi connectivity index (χ2n) is 6.17. The second-order valence-corrected chi connectivity index (χ2v) is 6.17. The van der Waals surface area contributed by atoms with Crippen molar-refractivity contribution in [2.24, 2.45) is 0 Å². The number of hydrogen-bond acceptors (Lipinski definition) is 1. The Morgan fingerprint density at radius 2 is 1.76 bits per heavy atom. The standard InChI is InChI=1S/C16H24O/c1-11(2)13-5-6-15(12(3)4)14(9-13)10-16(17)7-8-16/h5-6,9,11-12,17H,7-8,10H2,1-4H3. The van der Waals surface area contributed by atoms with Crippen molar-refractivity contribution in [1.82, 2.24) is 0 Å². The molecule has 0 aromatic heterocycles. The van der Waals surface area contributed by atoms with Crippen molar-refractivity contribution in [2.45, 2.75) is 64.4 Å². The summed E-state index contributed by atoms with van der Waals surface area (Å²) in [6.45, 7) is 8.90. The zero-order valence-electron chi connectivity index (χ0n) is 11.5. The quantitative estimate of drug-likeness (QED) is 0.832. The lowest BCUT2D eigenvalue weighted by Gasteiger charge is -2.18. The third kappa shape index (κ3) is 2.90. The summed E-state index contributed by atoms with van der Waals surface area (Å²) < 4.78 is 0. The van der Waals surface area contributed by atoms with Crippen LogP contribution in [0.1, 0.15) is 69.1 Å².